The van der Waals surface area contributed by atoms with Crippen molar-refractivity contribution in [2.45, 2.75) is 38.1 Å². The normalized spacial score (nSPS) is 13.3. The number of aryl methyl sites for hydroxylation is 1. The maximum absolute atomic E-state index is 11.9. The molecule has 0 fully saturated rings. The SMILES string of the molecule is CCc1ccc(S(=O)(=O)OC(=O)[C@@H](N)C(C)C)cc1. The highest BCUT2D eigenvalue weighted by molar-refractivity contribution is 7.87. The van der Waals surface area contributed by atoms with Crippen LogP contribution >= 0.6 is 0 Å². The zero-order chi connectivity index (χ0) is 14.6. The first-order chi connectivity index (χ1) is 8.77. The number of carbonyl (C=O) groups excluding carboxylic acids is 1. The number of carbonyl (C=O) groups is 1. The molecule has 0 bridgehead atoms. The van der Waals surface area contributed by atoms with E-state index < -0.39 is 22.1 Å². The van der Waals surface area contributed by atoms with Gasteiger partial charge in [-0.3, -0.25) is 0 Å². The van der Waals surface area contributed by atoms with Gasteiger partial charge in [0, 0.05) is 0 Å². The molecule has 0 unspecified atom stereocenters. The topological polar surface area (TPSA) is 86.5 Å². The van der Waals surface area contributed by atoms with Gasteiger partial charge in [-0.25, -0.2) is 4.79 Å². The summed E-state index contributed by atoms with van der Waals surface area (Å²) in [5.74, 6) is -1.13. The summed E-state index contributed by atoms with van der Waals surface area (Å²) < 4.78 is 28.3. The minimum atomic E-state index is -4.09. The third-order valence-corrected chi connectivity index (χ3v) is 4.04. The molecule has 0 aromatic heterocycles. The highest BCUT2D eigenvalue weighted by atomic mass is 32.2. The zero-order valence-corrected chi connectivity index (χ0v) is 12.1. The number of nitrogens with two attached hydrogens (primary N) is 1. The Balaban J connectivity index is 2.89. The molecule has 0 spiro atoms. The summed E-state index contributed by atoms with van der Waals surface area (Å²) in [7, 11) is -4.09. The average molecular weight is 285 g/mol. The highest BCUT2D eigenvalue weighted by Crippen LogP contribution is 2.15. The predicted molar refractivity (Wildman–Crippen MR) is 71.9 cm³/mol. The van der Waals surface area contributed by atoms with Crippen LogP contribution in [0.4, 0.5) is 0 Å². The molecule has 1 aromatic carbocycles. The lowest BCUT2D eigenvalue weighted by Gasteiger charge is -2.14. The van der Waals surface area contributed by atoms with E-state index in [2.05, 4.69) is 4.18 Å². The summed E-state index contributed by atoms with van der Waals surface area (Å²) in [5, 5.41) is 0. The molecular formula is C13H19NO4S. The Labute approximate surface area is 113 Å². The van der Waals surface area contributed by atoms with Crippen LogP contribution in [0.3, 0.4) is 0 Å². The van der Waals surface area contributed by atoms with E-state index in [-0.39, 0.29) is 10.8 Å². The van der Waals surface area contributed by atoms with Gasteiger partial charge in [0.1, 0.15) is 10.9 Å². The lowest BCUT2D eigenvalue weighted by atomic mass is 10.1. The number of rotatable bonds is 5. The van der Waals surface area contributed by atoms with Crippen molar-refractivity contribution in [1.82, 2.24) is 0 Å². The first kappa shape index (κ1) is 15.7. The van der Waals surface area contributed by atoms with Crippen LogP contribution in [0.1, 0.15) is 26.3 Å². The van der Waals surface area contributed by atoms with Gasteiger partial charge in [0.25, 0.3) is 0 Å². The Hall–Kier alpha value is -1.40. The van der Waals surface area contributed by atoms with E-state index in [1.54, 1.807) is 26.0 Å². The van der Waals surface area contributed by atoms with Gasteiger partial charge < -0.3 is 9.92 Å². The van der Waals surface area contributed by atoms with Crippen LogP contribution in [-0.4, -0.2) is 20.4 Å². The molecule has 0 saturated carbocycles. The van der Waals surface area contributed by atoms with Gasteiger partial charge in [0.05, 0.1) is 0 Å². The summed E-state index contributed by atoms with van der Waals surface area (Å²) in [5.41, 5.74) is 6.56. The molecule has 0 heterocycles. The first-order valence-corrected chi connectivity index (χ1v) is 7.51. The van der Waals surface area contributed by atoms with E-state index in [4.69, 9.17) is 5.73 Å². The van der Waals surface area contributed by atoms with Crippen molar-refractivity contribution in [2.24, 2.45) is 11.7 Å². The van der Waals surface area contributed by atoms with E-state index in [9.17, 15) is 13.2 Å². The molecule has 6 heteroatoms. The second kappa shape index (κ2) is 6.16. The Morgan fingerprint density at radius 2 is 1.79 bits per heavy atom. The molecule has 1 rings (SSSR count). The quantitative estimate of drug-likeness (QED) is 0.828. The van der Waals surface area contributed by atoms with Crippen molar-refractivity contribution < 1.29 is 17.4 Å². The van der Waals surface area contributed by atoms with E-state index in [1.165, 1.54) is 12.1 Å². The molecule has 106 valence electrons. The van der Waals surface area contributed by atoms with E-state index >= 15 is 0 Å². The van der Waals surface area contributed by atoms with Crippen molar-refractivity contribution >= 4 is 16.1 Å². The van der Waals surface area contributed by atoms with Gasteiger partial charge in [-0.2, -0.15) is 8.42 Å². The second-order valence-electron chi connectivity index (χ2n) is 4.62. The number of benzene rings is 1. The minimum absolute atomic E-state index is 0.0472. The van der Waals surface area contributed by atoms with E-state index in [0.717, 1.165) is 12.0 Å². The standard InChI is InChI=1S/C13H19NO4S/c1-4-10-5-7-11(8-6-10)19(16,17)18-13(15)12(14)9(2)3/h5-9,12H,4,14H2,1-3H3/t12-/m0/s1. The van der Waals surface area contributed by atoms with Crippen LogP contribution in [0, 0.1) is 5.92 Å². The third kappa shape index (κ3) is 4.04. The van der Waals surface area contributed by atoms with Crippen molar-refractivity contribution in [3.8, 4) is 0 Å². The van der Waals surface area contributed by atoms with Crippen LogP contribution in [0.5, 0.6) is 0 Å². The van der Waals surface area contributed by atoms with Crippen molar-refractivity contribution in [3.63, 3.8) is 0 Å². The van der Waals surface area contributed by atoms with Crippen LogP contribution in [-0.2, 0) is 25.5 Å². The molecule has 0 aliphatic heterocycles. The Morgan fingerprint density at radius 1 is 1.26 bits per heavy atom. The molecule has 5 nitrogen and oxygen atoms in total. The second-order valence-corrected chi connectivity index (χ2v) is 6.17. The molecule has 1 aromatic rings. The van der Waals surface area contributed by atoms with Gasteiger partial charge in [0.15, 0.2) is 0 Å². The van der Waals surface area contributed by atoms with Gasteiger partial charge in [-0.1, -0.05) is 32.9 Å². The molecule has 0 aliphatic carbocycles. The summed E-state index contributed by atoms with van der Waals surface area (Å²) in [6.07, 6.45) is 0.804. The fourth-order valence-electron chi connectivity index (χ4n) is 1.38. The summed E-state index contributed by atoms with van der Waals surface area (Å²) in [6, 6.07) is 5.25. The van der Waals surface area contributed by atoms with E-state index in [1.807, 2.05) is 6.92 Å². The van der Waals surface area contributed by atoms with Crippen molar-refractivity contribution in [1.29, 1.82) is 0 Å². The molecular weight excluding hydrogens is 266 g/mol. The fraction of sp³-hybridized carbons (Fsp3) is 0.462. The predicted octanol–water partition coefficient (Wildman–Crippen LogP) is 1.46. The van der Waals surface area contributed by atoms with Crippen molar-refractivity contribution in [3.05, 3.63) is 29.8 Å². The monoisotopic (exact) mass is 285 g/mol. The minimum Gasteiger partial charge on any atom is -0.341 e. The van der Waals surface area contributed by atoms with Crippen LogP contribution in [0.2, 0.25) is 0 Å². The van der Waals surface area contributed by atoms with Gasteiger partial charge in [-0.15, -0.1) is 0 Å². The third-order valence-electron chi connectivity index (χ3n) is 2.80. The van der Waals surface area contributed by atoms with Crippen LogP contribution < -0.4 is 5.73 Å². The fourth-order valence-corrected chi connectivity index (χ4v) is 2.27. The number of hydrogen-bond donors (Lipinski definition) is 1. The smallest absolute Gasteiger partial charge is 0.341 e. The van der Waals surface area contributed by atoms with Gasteiger partial charge in [0.2, 0.25) is 0 Å². The maximum Gasteiger partial charge on any atom is 0.341 e. The van der Waals surface area contributed by atoms with Gasteiger partial charge in [-0.05, 0) is 30.0 Å². The highest BCUT2D eigenvalue weighted by Gasteiger charge is 2.26. The molecule has 1 atom stereocenters. The largest absolute Gasteiger partial charge is 0.341 e. The van der Waals surface area contributed by atoms with Crippen LogP contribution in [0.25, 0.3) is 0 Å². The molecule has 0 aliphatic rings. The lowest BCUT2D eigenvalue weighted by Crippen LogP contribution is -2.38. The lowest BCUT2D eigenvalue weighted by molar-refractivity contribution is -0.136. The Kier molecular flexibility index (Phi) is 5.08. The summed E-state index contributed by atoms with van der Waals surface area (Å²) in [4.78, 5) is 11.5. The molecule has 0 amide bonds. The molecule has 2 N–H and O–H groups in total. The van der Waals surface area contributed by atoms with Gasteiger partial charge >= 0.3 is 16.1 Å². The number of hydrogen-bond acceptors (Lipinski definition) is 5. The average Bonchev–Trinajstić information content (AvgIpc) is 2.37. The van der Waals surface area contributed by atoms with Crippen molar-refractivity contribution in [2.75, 3.05) is 0 Å². The first-order valence-electron chi connectivity index (χ1n) is 6.10. The summed E-state index contributed by atoms with van der Waals surface area (Å²) in [6.45, 7) is 5.40. The Morgan fingerprint density at radius 3 is 2.21 bits per heavy atom. The summed E-state index contributed by atoms with van der Waals surface area (Å²) >= 11 is 0. The van der Waals surface area contributed by atoms with E-state index in [0.29, 0.717) is 0 Å². The Bertz CT molecular complexity index is 534. The molecule has 0 saturated heterocycles. The molecule has 0 radical (unpaired) electrons. The molecule has 19 heavy (non-hydrogen) atoms. The zero-order valence-electron chi connectivity index (χ0n) is 11.3. The van der Waals surface area contributed by atoms with Crippen LogP contribution in [0.15, 0.2) is 29.2 Å². The maximum atomic E-state index is 11.9.